The van der Waals surface area contributed by atoms with Gasteiger partial charge in [0, 0.05) is 6.42 Å². The summed E-state index contributed by atoms with van der Waals surface area (Å²) in [5.74, 6) is -0.700. The first-order valence-electron chi connectivity index (χ1n) is 7.33. The van der Waals surface area contributed by atoms with Crippen LogP contribution in [0.2, 0.25) is 0 Å². The van der Waals surface area contributed by atoms with Gasteiger partial charge in [0.2, 0.25) is 0 Å². The minimum Gasteiger partial charge on any atom is -0.466 e. The maximum absolute atomic E-state index is 12.2. The van der Waals surface area contributed by atoms with Gasteiger partial charge in [-0.25, -0.2) is 0 Å². The Hall–Kier alpha value is -1.35. The van der Waals surface area contributed by atoms with Gasteiger partial charge in [0.1, 0.15) is 0 Å². The summed E-state index contributed by atoms with van der Waals surface area (Å²) in [5, 5.41) is 11.2. The second-order valence-corrected chi connectivity index (χ2v) is 6.31. The van der Waals surface area contributed by atoms with E-state index in [2.05, 4.69) is 0 Å². The third kappa shape index (κ3) is 2.59. The Labute approximate surface area is 121 Å². The van der Waals surface area contributed by atoms with Gasteiger partial charge in [-0.3, -0.25) is 4.79 Å². The van der Waals surface area contributed by atoms with Crippen molar-refractivity contribution in [1.29, 1.82) is 0 Å². The molecule has 1 aromatic carbocycles. The van der Waals surface area contributed by atoms with Crippen molar-refractivity contribution in [3.8, 4) is 0 Å². The lowest BCUT2D eigenvalue weighted by molar-refractivity contribution is -0.161. The van der Waals surface area contributed by atoms with Crippen LogP contribution in [0.1, 0.15) is 39.2 Å². The molecule has 1 aliphatic rings. The largest absolute Gasteiger partial charge is 0.466 e. The number of rotatable bonds is 4. The van der Waals surface area contributed by atoms with Gasteiger partial charge in [0.05, 0.1) is 18.1 Å². The summed E-state index contributed by atoms with van der Waals surface area (Å²) >= 11 is 0. The van der Waals surface area contributed by atoms with E-state index in [0.717, 1.165) is 12.0 Å². The zero-order valence-corrected chi connectivity index (χ0v) is 12.6. The van der Waals surface area contributed by atoms with Crippen molar-refractivity contribution in [3.63, 3.8) is 0 Å². The Kier molecular flexibility index (Phi) is 4.19. The molecular formula is C17H24O3. The average molecular weight is 276 g/mol. The van der Waals surface area contributed by atoms with Crippen molar-refractivity contribution >= 4 is 5.97 Å². The number of ether oxygens (including phenoxy) is 1. The molecule has 0 aromatic heterocycles. The third-order valence-electron chi connectivity index (χ3n) is 4.69. The lowest BCUT2D eigenvalue weighted by atomic mass is 9.71. The number of carbonyl (C=O) groups is 1. The zero-order chi connectivity index (χ0) is 14.8. The second kappa shape index (κ2) is 5.57. The fourth-order valence-corrected chi connectivity index (χ4v) is 3.26. The van der Waals surface area contributed by atoms with E-state index in [4.69, 9.17) is 4.74 Å². The molecule has 0 amide bonds. The van der Waals surface area contributed by atoms with Crippen molar-refractivity contribution in [2.24, 2.45) is 11.3 Å². The zero-order valence-electron chi connectivity index (χ0n) is 12.6. The van der Waals surface area contributed by atoms with E-state index in [-0.39, 0.29) is 11.4 Å². The van der Waals surface area contributed by atoms with Gasteiger partial charge in [0.25, 0.3) is 0 Å². The van der Waals surface area contributed by atoms with Gasteiger partial charge in [-0.2, -0.15) is 0 Å². The maximum atomic E-state index is 12.2. The van der Waals surface area contributed by atoms with Crippen molar-refractivity contribution in [2.45, 2.75) is 45.6 Å². The van der Waals surface area contributed by atoms with Crippen molar-refractivity contribution in [3.05, 3.63) is 35.9 Å². The van der Waals surface area contributed by atoms with Crippen LogP contribution in [0, 0.1) is 11.3 Å². The second-order valence-electron chi connectivity index (χ2n) is 6.31. The highest BCUT2D eigenvalue weighted by Crippen LogP contribution is 2.51. The molecule has 0 spiro atoms. The van der Waals surface area contributed by atoms with Crippen molar-refractivity contribution in [2.75, 3.05) is 6.61 Å². The van der Waals surface area contributed by atoms with Crippen molar-refractivity contribution in [1.82, 2.24) is 0 Å². The summed E-state index contributed by atoms with van der Waals surface area (Å²) in [6, 6.07) is 9.86. The number of aliphatic hydroxyl groups is 1. The predicted molar refractivity (Wildman–Crippen MR) is 78.2 cm³/mol. The van der Waals surface area contributed by atoms with Gasteiger partial charge in [0.15, 0.2) is 0 Å². The molecule has 110 valence electrons. The minimum absolute atomic E-state index is 0.267. The lowest BCUT2D eigenvalue weighted by Crippen LogP contribution is -2.50. The molecule has 0 heterocycles. The normalized spacial score (nSPS) is 28.3. The Bertz CT molecular complexity index is 466. The van der Waals surface area contributed by atoms with Gasteiger partial charge < -0.3 is 9.84 Å². The summed E-state index contributed by atoms with van der Waals surface area (Å²) in [6.45, 7) is 6.23. The van der Waals surface area contributed by atoms with Gasteiger partial charge in [-0.1, -0.05) is 44.2 Å². The SMILES string of the molecule is CCOC(=O)[C@H]1CCC(C)(C)[C@]1(O)Cc1ccccc1. The van der Waals surface area contributed by atoms with E-state index in [1.165, 1.54) is 0 Å². The molecule has 2 rings (SSSR count). The maximum Gasteiger partial charge on any atom is 0.311 e. The molecule has 0 aliphatic heterocycles. The third-order valence-corrected chi connectivity index (χ3v) is 4.69. The fraction of sp³-hybridized carbons (Fsp3) is 0.588. The summed E-state index contributed by atoms with van der Waals surface area (Å²) in [7, 11) is 0. The topological polar surface area (TPSA) is 46.5 Å². The van der Waals surface area contributed by atoms with Crippen LogP contribution < -0.4 is 0 Å². The number of hydrogen-bond acceptors (Lipinski definition) is 3. The molecule has 0 bridgehead atoms. The first kappa shape index (κ1) is 15.0. The molecule has 3 heteroatoms. The Balaban J connectivity index is 2.28. The van der Waals surface area contributed by atoms with Crippen LogP contribution in [-0.2, 0) is 16.0 Å². The molecule has 0 saturated heterocycles. The molecular weight excluding hydrogens is 252 g/mol. The first-order chi connectivity index (χ1) is 9.40. The highest BCUT2D eigenvalue weighted by atomic mass is 16.5. The van der Waals surface area contributed by atoms with Crippen LogP contribution in [0.4, 0.5) is 0 Å². The molecule has 1 N–H and O–H groups in total. The summed E-state index contributed by atoms with van der Waals surface area (Å²) in [4.78, 5) is 12.2. The van der Waals surface area contributed by atoms with Crippen LogP contribution in [0.5, 0.6) is 0 Å². The monoisotopic (exact) mass is 276 g/mol. The molecule has 20 heavy (non-hydrogen) atoms. The summed E-state index contributed by atoms with van der Waals surface area (Å²) in [5.41, 5.74) is -0.278. The highest BCUT2D eigenvalue weighted by Gasteiger charge is 2.57. The van der Waals surface area contributed by atoms with E-state index < -0.39 is 11.5 Å². The first-order valence-corrected chi connectivity index (χ1v) is 7.33. The van der Waals surface area contributed by atoms with Crippen LogP contribution in [0.15, 0.2) is 30.3 Å². The number of esters is 1. The summed E-state index contributed by atoms with van der Waals surface area (Å²) in [6.07, 6.45) is 2.01. The van der Waals surface area contributed by atoms with Gasteiger partial charge in [-0.15, -0.1) is 0 Å². The fourth-order valence-electron chi connectivity index (χ4n) is 3.26. The quantitative estimate of drug-likeness (QED) is 0.860. The van der Waals surface area contributed by atoms with Crippen LogP contribution in [-0.4, -0.2) is 23.3 Å². The van der Waals surface area contributed by atoms with Gasteiger partial charge in [-0.05, 0) is 30.7 Å². The molecule has 1 fully saturated rings. The number of hydrogen-bond donors (Lipinski definition) is 1. The molecule has 1 aromatic rings. The molecule has 3 nitrogen and oxygen atoms in total. The van der Waals surface area contributed by atoms with Gasteiger partial charge >= 0.3 is 5.97 Å². The van der Waals surface area contributed by atoms with Crippen LogP contribution in [0.25, 0.3) is 0 Å². The predicted octanol–water partition coefficient (Wildman–Crippen LogP) is 2.96. The van der Waals surface area contributed by atoms with E-state index >= 15 is 0 Å². The van der Waals surface area contributed by atoms with E-state index in [1.54, 1.807) is 6.92 Å². The van der Waals surface area contributed by atoms with E-state index in [0.29, 0.717) is 19.4 Å². The molecule has 1 aliphatic carbocycles. The Morgan fingerprint density at radius 3 is 2.60 bits per heavy atom. The Morgan fingerprint density at radius 1 is 1.35 bits per heavy atom. The van der Waals surface area contributed by atoms with Crippen LogP contribution in [0.3, 0.4) is 0 Å². The van der Waals surface area contributed by atoms with Crippen molar-refractivity contribution < 1.29 is 14.6 Å². The standard InChI is InChI=1S/C17H24O3/c1-4-20-15(18)14-10-11-16(2,3)17(14,19)12-13-8-6-5-7-9-13/h5-9,14,19H,4,10-12H2,1-3H3/t14-,17+/m1/s1. The Morgan fingerprint density at radius 2 is 2.00 bits per heavy atom. The van der Waals surface area contributed by atoms with Crippen LogP contribution >= 0.6 is 0 Å². The minimum atomic E-state index is -1.04. The smallest absolute Gasteiger partial charge is 0.311 e. The number of carbonyl (C=O) groups excluding carboxylic acids is 1. The van der Waals surface area contributed by atoms with E-state index in [1.807, 2.05) is 44.2 Å². The molecule has 0 unspecified atom stereocenters. The highest BCUT2D eigenvalue weighted by molar-refractivity contribution is 5.74. The average Bonchev–Trinajstić information content (AvgIpc) is 2.62. The molecule has 1 saturated carbocycles. The summed E-state index contributed by atoms with van der Waals surface area (Å²) < 4.78 is 5.15. The number of benzene rings is 1. The lowest BCUT2D eigenvalue weighted by Gasteiger charge is -2.40. The van der Waals surface area contributed by atoms with E-state index in [9.17, 15) is 9.90 Å². The molecule has 2 atom stereocenters. The molecule has 0 radical (unpaired) electrons.